The first kappa shape index (κ1) is 31.1. The summed E-state index contributed by atoms with van der Waals surface area (Å²) in [6, 6.07) is 12.1. The van der Waals surface area contributed by atoms with Crippen LogP contribution < -0.4 is 0 Å². The van der Waals surface area contributed by atoms with Crippen LogP contribution in [-0.4, -0.2) is 22.9 Å². The maximum Gasteiger partial charge on any atom is 0.284 e. The molecule has 28 heavy (non-hydrogen) atoms. The summed E-state index contributed by atoms with van der Waals surface area (Å²) in [6.45, 7) is 9.37. The molecule has 2 aromatic carbocycles. The summed E-state index contributed by atoms with van der Waals surface area (Å²) >= 11 is 10.4. The molecule has 0 aliphatic rings. The predicted octanol–water partition coefficient (Wildman–Crippen LogP) is 6.34. The number of carbonyl (C=O) groups is 2. The van der Waals surface area contributed by atoms with Crippen LogP contribution in [-0.2, 0) is 18.6 Å². The van der Waals surface area contributed by atoms with Crippen molar-refractivity contribution in [2.75, 3.05) is 6.38 Å². The fraction of sp³-hybridized carbons (Fsp3) is 0.250. The minimum Gasteiger partial charge on any atom is -0.346 e. The number of hydrogen-bond donors (Lipinski definition) is 0. The van der Waals surface area contributed by atoms with Crippen LogP contribution in [0.2, 0.25) is 5.02 Å². The number of carbonyl (C=O) groups excluding carboxylic acids is 2. The SMILES string of the molecule is CC(=O)c1ccc(Cl)c(C)c1[N+](=O)[O-].CC(=O)c1ccccc1.CCl.[CH2-]C.[V]. The second-order valence-corrected chi connectivity index (χ2v) is 5.21. The van der Waals surface area contributed by atoms with Crippen molar-refractivity contribution in [3.05, 3.63) is 81.2 Å². The molecule has 153 valence electrons. The molecule has 0 aromatic heterocycles. The van der Waals surface area contributed by atoms with Gasteiger partial charge in [0.15, 0.2) is 11.6 Å². The number of nitrogens with zero attached hydrogens (tertiary/aromatic N) is 1. The molecular weight excluding hydrogens is 440 g/mol. The van der Waals surface area contributed by atoms with Crippen LogP contribution in [0, 0.1) is 24.0 Å². The Labute approximate surface area is 188 Å². The van der Waals surface area contributed by atoms with Gasteiger partial charge in [-0.15, -0.1) is 11.6 Å². The molecule has 0 aliphatic heterocycles. The van der Waals surface area contributed by atoms with E-state index < -0.39 is 4.92 Å². The second-order valence-electron chi connectivity index (χ2n) is 4.80. The van der Waals surface area contributed by atoms with Crippen molar-refractivity contribution in [3.63, 3.8) is 0 Å². The van der Waals surface area contributed by atoms with Gasteiger partial charge in [-0.1, -0.05) is 41.9 Å². The van der Waals surface area contributed by atoms with Crippen molar-refractivity contribution >= 4 is 40.5 Å². The molecular formula is C20H24Cl2NO4V-. The first-order valence-electron chi connectivity index (χ1n) is 7.84. The number of Topliss-reactive ketones (excluding diaryl/α,β-unsaturated/α-hetero) is 2. The van der Waals surface area contributed by atoms with Gasteiger partial charge in [0, 0.05) is 36.1 Å². The van der Waals surface area contributed by atoms with Crippen LogP contribution >= 0.6 is 23.2 Å². The molecule has 0 aliphatic carbocycles. The average Bonchev–Trinajstić information content (AvgIpc) is 2.67. The Bertz CT molecular complexity index is 753. The number of rotatable bonds is 3. The molecule has 0 atom stereocenters. The fourth-order valence-corrected chi connectivity index (χ4v) is 2.02. The first-order chi connectivity index (χ1) is 12.8. The quantitative estimate of drug-likeness (QED) is 0.175. The summed E-state index contributed by atoms with van der Waals surface area (Å²) in [7, 11) is 0. The van der Waals surface area contributed by atoms with Crippen molar-refractivity contribution in [2.24, 2.45) is 0 Å². The third-order valence-corrected chi connectivity index (χ3v) is 3.52. The molecule has 0 fully saturated rings. The molecule has 2 aromatic rings. The minimum absolute atomic E-state index is 0. The molecule has 0 N–H and O–H groups in total. The number of benzene rings is 2. The largest absolute Gasteiger partial charge is 0.346 e. The summed E-state index contributed by atoms with van der Waals surface area (Å²) < 4.78 is 0. The molecule has 0 saturated heterocycles. The molecule has 0 heterocycles. The third kappa shape index (κ3) is 10.6. The summed E-state index contributed by atoms with van der Waals surface area (Å²) in [5.74, 6) is -0.216. The van der Waals surface area contributed by atoms with Gasteiger partial charge in [-0.25, -0.2) is 0 Å². The molecule has 2 rings (SSSR count). The Morgan fingerprint density at radius 2 is 1.43 bits per heavy atom. The van der Waals surface area contributed by atoms with Gasteiger partial charge in [-0.3, -0.25) is 19.7 Å². The average molecular weight is 464 g/mol. The summed E-state index contributed by atoms with van der Waals surface area (Å²) in [6.07, 6.45) is 1.47. The van der Waals surface area contributed by atoms with Gasteiger partial charge in [-0.05, 0) is 32.9 Å². The van der Waals surface area contributed by atoms with Crippen molar-refractivity contribution < 1.29 is 33.1 Å². The van der Waals surface area contributed by atoms with Gasteiger partial charge in [0.05, 0.1) is 15.5 Å². The molecule has 0 amide bonds. The first-order valence-corrected chi connectivity index (χ1v) is 8.98. The Hall–Kier alpha value is -1.66. The number of ketones is 2. The van der Waals surface area contributed by atoms with E-state index in [0.29, 0.717) is 10.6 Å². The molecule has 0 unspecified atom stereocenters. The Balaban J connectivity index is -0.000000388. The molecule has 5 nitrogen and oxygen atoms in total. The van der Waals surface area contributed by atoms with E-state index in [4.69, 9.17) is 11.6 Å². The molecule has 8 heteroatoms. The van der Waals surface area contributed by atoms with Crippen LogP contribution in [0.4, 0.5) is 5.69 Å². The summed E-state index contributed by atoms with van der Waals surface area (Å²) in [5, 5.41) is 11.0. The normalized spacial score (nSPS) is 8.29. The summed E-state index contributed by atoms with van der Waals surface area (Å²) in [4.78, 5) is 31.8. The van der Waals surface area contributed by atoms with Gasteiger partial charge in [-0.2, -0.15) is 6.92 Å². The Kier molecular flexibility index (Phi) is 19.3. The second kappa shape index (κ2) is 17.4. The number of halogens is 2. The number of hydrogen-bond acceptors (Lipinski definition) is 4. The number of nitro benzene ring substituents is 1. The van der Waals surface area contributed by atoms with Gasteiger partial charge in [0.25, 0.3) is 5.69 Å². The van der Waals surface area contributed by atoms with Gasteiger partial charge < -0.3 is 6.92 Å². The minimum atomic E-state index is -0.585. The fourth-order valence-electron chi connectivity index (χ4n) is 1.87. The number of alkyl halides is 1. The van der Waals surface area contributed by atoms with E-state index in [0.717, 1.165) is 5.56 Å². The standard InChI is InChI=1S/C9H8ClNO3.C8H8O.C2H5.CH3Cl.V/c1-5-8(10)4-3-7(6(2)12)9(5)11(13)14;1-7(9)8-5-3-2-4-6-8;2*1-2;/h3-4H,1-2H3;2-6H,1H3;1H2,2H3;1H3;/q;;-1;;. The maximum atomic E-state index is 11.1. The molecule has 1 radical (unpaired) electrons. The predicted molar refractivity (Wildman–Crippen MR) is 112 cm³/mol. The van der Waals surface area contributed by atoms with Crippen molar-refractivity contribution in [2.45, 2.75) is 27.7 Å². The maximum absolute atomic E-state index is 11.1. The van der Waals surface area contributed by atoms with E-state index in [9.17, 15) is 19.7 Å². The van der Waals surface area contributed by atoms with E-state index in [-0.39, 0.29) is 41.4 Å². The van der Waals surface area contributed by atoms with E-state index >= 15 is 0 Å². The van der Waals surface area contributed by atoms with Crippen LogP contribution in [0.1, 0.15) is 47.1 Å². The van der Waals surface area contributed by atoms with E-state index in [1.807, 2.05) is 30.3 Å². The molecule has 0 saturated carbocycles. The topological polar surface area (TPSA) is 77.3 Å². The van der Waals surface area contributed by atoms with Crippen molar-refractivity contribution in [1.29, 1.82) is 0 Å². The van der Waals surface area contributed by atoms with Gasteiger partial charge in [0.2, 0.25) is 0 Å². The zero-order valence-electron chi connectivity index (χ0n) is 16.5. The van der Waals surface area contributed by atoms with Crippen LogP contribution in [0.15, 0.2) is 42.5 Å². The zero-order valence-corrected chi connectivity index (χ0v) is 19.4. The van der Waals surface area contributed by atoms with E-state index in [1.54, 1.807) is 13.8 Å². The Morgan fingerprint density at radius 1 is 0.964 bits per heavy atom. The Morgan fingerprint density at radius 3 is 1.75 bits per heavy atom. The zero-order chi connectivity index (χ0) is 21.6. The van der Waals surface area contributed by atoms with E-state index in [2.05, 4.69) is 18.5 Å². The third-order valence-electron chi connectivity index (χ3n) is 3.11. The van der Waals surface area contributed by atoms with E-state index in [1.165, 1.54) is 32.4 Å². The van der Waals surface area contributed by atoms with Crippen LogP contribution in [0.25, 0.3) is 0 Å². The van der Waals surface area contributed by atoms with Gasteiger partial charge >= 0.3 is 0 Å². The van der Waals surface area contributed by atoms with Crippen LogP contribution in [0.5, 0.6) is 0 Å². The number of nitro groups is 1. The van der Waals surface area contributed by atoms with Crippen molar-refractivity contribution in [1.82, 2.24) is 0 Å². The monoisotopic (exact) mass is 463 g/mol. The smallest absolute Gasteiger partial charge is 0.284 e. The van der Waals surface area contributed by atoms with Crippen LogP contribution in [0.3, 0.4) is 0 Å². The van der Waals surface area contributed by atoms with Crippen molar-refractivity contribution in [3.8, 4) is 0 Å². The summed E-state index contributed by atoms with van der Waals surface area (Å²) in [5.41, 5.74) is 0.990. The molecule has 0 bridgehead atoms. The molecule has 0 spiro atoms. The van der Waals surface area contributed by atoms with Gasteiger partial charge in [0.1, 0.15) is 0 Å².